The van der Waals surface area contributed by atoms with Crippen molar-refractivity contribution in [3.8, 4) is 0 Å². The standard InChI is InChI=1S/C12H14O6/c1-6(13)10-5-8(11(15)16)3-4-9(10)12(17)18-7(2)14/h3-7,13-14H,1-2H3,(H,15,16). The maximum Gasteiger partial charge on any atom is 0.340 e. The van der Waals surface area contributed by atoms with Gasteiger partial charge in [0.2, 0.25) is 0 Å². The van der Waals surface area contributed by atoms with Crippen LogP contribution in [0.2, 0.25) is 0 Å². The predicted molar refractivity (Wildman–Crippen MR) is 61.1 cm³/mol. The molecular formula is C12H14O6. The van der Waals surface area contributed by atoms with Crippen LogP contribution in [-0.4, -0.2) is 33.5 Å². The second kappa shape index (κ2) is 5.61. The van der Waals surface area contributed by atoms with Crippen LogP contribution in [0.15, 0.2) is 18.2 Å². The Morgan fingerprint density at radius 3 is 2.28 bits per heavy atom. The highest BCUT2D eigenvalue weighted by atomic mass is 16.6. The van der Waals surface area contributed by atoms with Gasteiger partial charge in [-0.2, -0.15) is 0 Å². The third-order valence-electron chi connectivity index (χ3n) is 2.25. The van der Waals surface area contributed by atoms with Crippen molar-refractivity contribution in [1.29, 1.82) is 0 Å². The van der Waals surface area contributed by atoms with Gasteiger partial charge in [0.15, 0.2) is 6.29 Å². The summed E-state index contributed by atoms with van der Waals surface area (Å²) in [5, 5.41) is 27.3. The van der Waals surface area contributed by atoms with Crippen molar-refractivity contribution in [3.63, 3.8) is 0 Å². The van der Waals surface area contributed by atoms with Crippen molar-refractivity contribution in [2.45, 2.75) is 26.2 Å². The number of carboxylic acids is 1. The molecule has 0 aliphatic heterocycles. The molecule has 2 unspecified atom stereocenters. The van der Waals surface area contributed by atoms with Gasteiger partial charge in [0, 0.05) is 0 Å². The number of carboxylic acid groups (broad SMARTS) is 1. The van der Waals surface area contributed by atoms with Crippen LogP contribution < -0.4 is 0 Å². The van der Waals surface area contributed by atoms with Gasteiger partial charge in [0.25, 0.3) is 0 Å². The topological polar surface area (TPSA) is 104 Å². The first-order valence-corrected chi connectivity index (χ1v) is 5.27. The molecule has 0 spiro atoms. The molecule has 0 fully saturated rings. The normalized spacial score (nSPS) is 13.8. The number of aliphatic hydroxyl groups excluding tert-OH is 2. The van der Waals surface area contributed by atoms with E-state index < -0.39 is 24.3 Å². The lowest BCUT2D eigenvalue weighted by Gasteiger charge is -2.13. The van der Waals surface area contributed by atoms with Crippen LogP contribution in [0.25, 0.3) is 0 Å². The van der Waals surface area contributed by atoms with Crippen molar-refractivity contribution >= 4 is 11.9 Å². The molecule has 0 aliphatic rings. The van der Waals surface area contributed by atoms with Crippen LogP contribution in [0, 0.1) is 0 Å². The van der Waals surface area contributed by atoms with Crippen LogP contribution in [0.1, 0.15) is 46.2 Å². The number of rotatable bonds is 4. The molecule has 1 aromatic carbocycles. The average Bonchev–Trinajstić information content (AvgIpc) is 2.26. The molecule has 18 heavy (non-hydrogen) atoms. The van der Waals surface area contributed by atoms with Gasteiger partial charge in [-0.25, -0.2) is 9.59 Å². The van der Waals surface area contributed by atoms with E-state index in [1.807, 2.05) is 0 Å². The molecule has 0 heterocycles. The molecule has 1 aromatic rings. The van der Waals surface area contributed by atoms with Crippen LogP contribution in [0.4, 0.5) is 0 Å². The SMILES string of the molecule is CC(O)OC(=O)c1ccc(C(=O)O)cc1C(C)O. The second-order valence-electron chi connectivity index (χ2n) is 3.79. The molecule has 0 bridgehead atoms. The summed E-state index contributed by atoms with van der Waals surface area (Å²) in [5.74, 6) is -1.98. The predicted octanol–water partition coefficient (Wildman–Crippen LogP) is 0.933. The number of ether oxygens (including phenoxy) is 1. The Kier molecular flexibility index (Phi) is 4.41. The van der Waals surface area contributed by atoms with Crippen molar-refractivity contribution in [3.05, 3.63) is 34.9 Å². The number of benzene rings is 1. The molecule has 0 saturated carbocycles. The molecule has 0 aliphatic carbocycles. The first-order valence-electron chi connectivity index (χ1n) is 5.27. The van der Waals surface area contributed by atoms with Gasteiger partial charge < -0.3 is 20.1 Å². The summed E-state index contributed by atoms with van der Waals surface area (Å²) in [7, 11) is 0. The highest BCUT2D eigenvalue weighted by Gasteiger charge is 2.19. The van der Waals surface area contributed by atoms with Gasteiger partial charge in [-0.05, 0) is 37.6 Å². The number of hydrogen-bond donors (Lipinski definition) is 3. The van der Waals surface area contributed by atoms with Crippen LogP contribution in [0.5, 0.6) is 0 Å². The quantitative estimate of drug-likeness (QED) is 0.545. The molecule has 0 radical (unpaired) electrons. The smallest absolute Gasteiger partial charge is 0.340 e. The zero-order valence-corrected chi connectivity index (χ0v) is 9.95. The van der Waals surface area contributed by atoms with Gasteiger partial charge in [-0.3, -0.25) is 0 Å². The van der Waals surface area contributed by atoms with E-state index in [-0.39, 0.29) is 16.7 Å². The third-order valence-corrected chi connectivity index (χ3v) is 2.25. The van der Waals surface area contributed by atoms with E-state index in [4.69, 9.17) is 10.2 Å². The fourth-order valence-corrected chi connectivity index (χ4v) is 1.45. The molecule has 0 aromatic heterocycles. The Labute approximate surface area is 103 Å². The van der Waals surface area contributed by atoms with Gasteiger partial charge in [-0.1, -0.05) is 0 Å². The first-order chi connectivity index (χ1) is 8.32. The Balaban J connectivity index is 3.19. The Morgan fingerprint density at radius 2 is 1.83 bits per heavy atom. The molecule has 98 valence electrons. The number of aromatic carboxylic acids is 1. The van der Waals surface area contributed by atoms with E-state index >= 15 is 0 Å². The van der Waals surface area contributed by atoms with E-state index in [0.717, 1.165) is 0 Å². The lowest BCUT2D eigenvalue weighted by atomic mass is 10.00. The fourth-order valence-electron chi connectivity index (χ4n) is 1.45. The van der Waals surface area contributed by atoms with Gasteiger partial charge in [0.05, 0.1) is 17.2 Å². The minimum absolute atomic E-state index is 0.0240. The van der Waals surface area contributed by atoms with Crippen LogP contribution in [-0.2, 0) is 4.74 Å². The monoisotopic (exact) mass is 254 g/mol. The van der Waals surface area contributed by atoms with E-state index in [0.29, 0.717) is 0 Å². The summed E-state index contributed by atoms with van der Waals surface area (Å²) in [6, 6.07) is 3.68. The summed E-state index contributed by atoms with van der Waals surface area (Å²) in [4.78, 5) is 22.4. The molecular weight excluding hydrogens is 240 g/mol. The summed E-state index contributed by atoms with van der Waals surface area (Å²) in [5.41, 5.74) is 0.121. The summed E-state index contributed by atoms with van der Waals surface area (Å²) < 4.78 is 4.59. The Morgan fingerprint density at radius 1 is 1.22 bits per heavy atom. The summed E-state index contributed by atoms with van der Waals surface area (Å²) in [6.45, 7) is 2.67. The molecule has 0 saturated heterocycles. The van der Waals surface area contributed by atoms with Crippen molar-refractivity contribution in [1.82, 2.24) is 0 Å². The van der Waals surface area contributed by atoms with Gasteiger partial charge in [-0.15, -0.1) is 0 Å². The average molecular weight is 254 g/mol. The zero-order valence-electron chi connectivity index (χ0n) is 9.95. The minimum Gasteiger partial charge on any atom is -0.478 e. The van der Waals surface area contributed by atoms with Crippen molar-refractivity contribution < 1.29 is 29.6 Å². The number of hydrogen-bond acceptors (Lipinski definition) is 5. The second-order valence-corrected chi connectivity index (χ2v) is 3.79. The highest BCUT2D eigenvalue weighted by Crippen LogP contribution is 2.21. The number of esters is 1. The van der Waals surface area contributed by atoms with E-state index in [2.05, 4.69) is 4.74 Å². The van der Waals surface area contributed by atoms with E-state index in [1.54, 1.807) is 0 Å². The fraction of sp³-hybridized carbons (Fsp3) is 0.333. The van der Waals surface area contributed by atoms with Crippen molar-refractivity contribution in [2.24, 2.45) is 0 Å². The third kappa shape index (κ3) is 3.28. The molecule has 1 rings (SSSR count). The van der Waals surface area contributed by atoms with E-state index in [1.165, 1.54) is 32.0 Å². The molecule has 2 atom stereocenters. The minimum atomic E-state index is -1.28. The lowest BCUT2D eigenvalue weighted by Crippen LogP contribution is -2.17. The van der Waals surface area contributed by atoms with Gasteiger partial charge >= 0.3 is 11.9 Å². The molecule has 6 nitrogen and oxygen atoms in total. The zero-order chi connectivity index (χ0) is 13.9. The maximum absolute atomic E-state index is 11.6. The first kappa shape index (κ1) is 14.1. The number of aliphatic hydroxyl groups is 2. The van der Waals surface area contributed by atoms with Crippen LogP contribution in [0.3, 0.4) is 0 Å². The number of carbonyl (C=O) groups excluding carboxylic acids is 1. The molecule has 6 heteroatoms. The van der Waals surface area contributed by atoms with Crippen molar-refractivity contribution in [2.75, 3.05) is 0 Å². The largest absolute Gasteiger partial charge is 0.478 e. The molecule has 0 amide bonds. The van der Waals surface area contributed by atoms with E-state index in [9.17, 15) is 14.7 Å². The van der Waals surface area contributed by atoms with Gasteiger partial charge in [0.1, 0.15) is 0 Å². The van der Waals surface area contributed by atoms with Crippen LogP contribution >= 0.6 is 0 Å². The Bertz CT molecular complexity index is 464. The summed E-state index contributed by atoms with van der Waals surface area (Å²) >= 11 is 0. The Hall–Kier alpha value is -1.92. The number of carbonyl (C=O) groups is 2. The maximum atomic E-state index is 11.6. The lowest BCUT2D eigenvalue weighted by molar-refractivity contribution is -0.0525. The summed E-state index contributed by atoms with van der Waals surface area (Å²) in [6.07, 6.45) is -2.31. The highest BCUT2D eigenvalue weighted by molar-refractivity contribution is 5.94. The molecule has 3 N–H and O–H groups in total.